The van der Waals surface area contributed by atoms with E-state index in [0.29, 0.717) is 11.4 Å². The lowest BCUT2D eigenvalue weighted by Gasteiger charge is -2.17. The summed E-state index contributed by atoms with van der Waals surface area (Å²) in [6.45, 7) is 5.36. The molecular formula is C22H24N2O8S. The van der Waals surface area contributed by atoms with Crippen molar-refractivity contribution in [3.63, 3.8) is 0 Å². The van der Waals surface area contributed by atoms with Gasteiger partial charge in [0, 0.05) is 23.5 Å². The van der Waals surface area contributed by atoms with Gasteiger partial charge in [0.2, 0.25) is 12.6 Å². The van der Waals surface area contributed by atoms with Crippen LogP contribution >= 0.6 is 0 Å². The van der Waals surface area contributed by atoms with Crippen molar-refractivity contribution in [1.29, 1.82) is 0 Å². The van der Waals surface area contributed by atoms with Gasteiger partial charge in [0.25, 0.3) is 0 Å². The lowest BCUT2D eigenvalue weighted by Crippen LogP contribution is -2.28. The van der Waals surface area contributed by atoms with Crippen LogP contribution in [0.5, 0.6) is 0 Å². The zero-order valence-electron chi connectivity index (χ0n) is 18.5. The first-order valence-electron chi connectivity index (χ1n) is 9.78. The number of rotatable bonds is 10. The minimum atomic E-state index is -4.66. The standard InChI is InChI=1S/C22H24N2O8S/c1-15(13-19-9-5-7-11-23-19)21(25)29-17(3)31-33(27,28)32-18(4)30-22(26)16(2)14-20-10-6-8-12-24-20/h5-14,17-18H,1-4H3/b15-13+,16-14+. The van der Waals surface area contributed by atoms with Crippen LogP contribution in [0.25, 0.3) is 12.2 Å². The molecule has 0 aliphatic carbocycles. The van der Waals surface area contributed by atoms with E-state index in [2.05, 4.69) is 18.3 Å². The van der Waals surface area contributed by atoms with Crippen molar-refractivity contribution >= 4 is 34.5 Å². The number of hydrogen-bond acceptors (Lipinski definition) is 10. The van der Waals surface area contributed by atoms with Crippen molar-refractivity contribution in [2.45, 2.75) is 40.3 Å². The van der Waals surface area contributed by atoms with Crippen LogP contribution in [-0.4, -0.2) is 42.9 Å². The molecule has 0 saturated heterocycles. The third-order valence-corrected chi connectivity index (χ3v) is 4.81. The largest absolute Gasteiger partial charge is 0.431 e. The van der Waals surface area contributed by atoms with E-state index in [0.717, 1.165) is 0 Å². The predicted octanol–water partition coefficient (Wildman–Crippen LogP) is 3.04. The van der Waals surface area contributed by atoms with E-state index in [1.165, 1.54) is 39.8 Å². The summed E-state index contributed by atoms with van der Waals surface area (Å²) in [4.78, 5) is 32.3. The number of pyridine rings is 2. The van der Waals surface area contributed by atoms with Crippen LogP contribution in [0.15, 0.2) is 59.9 Å². The average Bonchev–Trinajstić information content (AvgIpc) is 2.73. The zero-order valence-corrected chi connectivity index (χ0v) is 19.3. The molecule has 0 aliphatic heterocycles. The lowest BCUT2D eigenvalue weighted by molar-refractivity contribution is -0.160. The second kappa shape index (κ2) is 12.0. The molecule has 0 aliphatic rings. The summed E-state index contributed by atoms with van der Waals surface area (Å²) in [5, 5.41) is 0. The van der Waals surface area contributed by atoms with Crippen LogP contribution in [0, 0.1) is 0 Å². The molecule has 10 nitrogen and oxygen atoms in total. The quantitative estimate of drug-likeness (QED) is 0.286. The zero-order chi connectivity index (χ0) is 24.4. The number of ether oxygens (including phenoxy) is 2. The summed E-state index contributed by atoms with van der Waals surface area (Å²) in [5.74, 6) is -1.61. The Morgan fingerprint density at radius 1 is 0.788 bits per heavy atom. The molecule has 0 radical (unpaired) electrons. The third-order valence-electron chi connectivity index (χ3n) is 3.80. The van der Waals surface area contributed by atoms with E-state index in [1.807, 2.05) is 0 Å². The van der Waals surface area contributed by atoms with E-state index >= 15 is 0 Å². The first-order chi connectivity index (χ1) is 15.6. The predicted molar refractivity (Wildman–Crippen MR) is 118 cm³/mol. The first-order valence-corrected chi connectivity index (χ1v) is 11.1. The normalized spacial score (nSPS) is 14.3. The Bertz CT molecular complexity index is 1030. The van der Waals surface area contributed by atoms with Crippen molar-refractivity contribution in [3.05, 3.63) is 71.3 Å². The Morgan fingerprint density at radius 2 is 1.18 bits per heavy atom. The summed E-state index contributed by atoms with van der Waals surface area (Å²) < 4.78 is 43.3. The summed E-state index contributed by atoms with van der Waals surface area (Å²) >= 11 is 0. The van der Waals surface area contributed by atoms with Crippen LogP contribution in [-0.2, 0) is 37.8 Å². The topological polar surface area (TPSA) is 131 Å². The highest BCUT2D eigenvalue weighted by atomic mass is 32.3. The maximum Gasteiger partial charge on any atom is 0.406 e. The maximum absolute atomic E-state index is 12.1. The van der Waals surface area contributed by atoms with Crippen molar-refractivity contribution in [3.8, 4) is 0 Å². The molecule has 0 saturated carbocycles. The molecule has 176 valence electrons. The van der Waals surface area contributed by atoms with Crippen LogP contribution < -0.4 is 0 Å². The Balaban J connectivity index is 1.87. The number of esters is 2. The van der Waals surface area contributed by atoms with Crippen LogP contribution in [0.3, 0.4) is 0 Å². The van der Waals surface area contributed by atoms with Gasteiger partial charge in [0.15, 0.2) is 0 Å². The van der Waals surface area contributed by atoms with Crippen LogP contribution in [0.2, 0.25) is 0 Å². The molecule has 0 fully saturated rings. The molecule has 2 rings (SSSR count). The second-order valence-electron chi connectivity index (χ2n) is 6.71. The van der Waals surface area contributed by atoms with E-state index in [-0.39, 0.29) is 11.1 Å². The Morgan fingerprint density at radius 3 is 1.52 bits per heavy atom. The van der Waals surface area contributed by atoms with Crippen molar-refractivity contribution in [2.75, 3.05) is 0 Å². The van der Waals surface area contributed by atoms with Gasteiger partial charge < -0.3 is 9.47 Å². The highest BCUT2D eigenvalue weighted by Crippen LogP contribution is 2.13. The Hall–Kier alpha value is -3.41. The molecule has 2 heterocycles. The molecule has 33 heavy (non-hydrogen) atoms. The number of aromatic nitrogens is 2. The summed E-state index contributed by atoms with van der Waals surface area (Å²) in [7, 11) is -4.66. The van der Waals surface area contributed by atoms with E-state index < -0.39 is 34.9 Å². The van der Waals surface area contributed by atoms with Crippen LogP contribution in [0.4, 0.5) is 0 Å². The minimum Gasteiger partial charge on any atom is -0.431 e. The second-order valence-corrected chi connectivity index (χ2v) is 7.91. The molecule has 2 aromatic rings. The van der Waals surface area contributed by atoms with Crippen molar-refractivity contribution in [1.82, 2.24) is 9.97 Å². The van der Waals surface area contributed by atoms with Crippen molar-refractivity contribution in [2.24, 2.45) is 0 Å². The molecule has 2 aromatic heterocycles. The number of carbonyl (C=O) groups excluding carboxylic acids is 2. The van der Waals surface area contributed by atoms with Gasteiger partial charge in [0.05, 0.1) is 11.4 Å². The highest BCUT2D eigenvalue weighted by Gasteiger charge is 2.25. The Kier molecular flexibility index (Phi) is 9.40. The third kappa shape index (κ3) is 9.31. The SMILES string of the molecule is C/C(=C\c1ccccn1)C(=O)OC(C)OS(=O)(=O)OC(C)OC(=O)/C(C)=C/c1ccccn1. The molecular weight excluding hydrogens is 452 g/mol. The fourth-order valence-corrected chi connectivity index (χ4v) is 3.15. The molecule has 0 aromatic carbocycles. The first kappa shape index (κ1) is 25.8. The number of nitrogens with zero attached hydrogens (tertiary/aromatic N) is 2. The smallest absolute Gasteiger partial charge is 0.406 e. The molecule has 0 bridgehead atoms. The molecule has 0 N–H and O–H groups in total. The van der Waals surface area contributed by atoms with Gasteiger partial charge in [-0.25, -0.2) is 18.0 Å². The maximum atomic E-state index is 12.1. The minimum absolute atomic E-state index is 0.180. The van der Waals surface area contributed by atoms with Crippen LogP contribution in [0.1, 0.15) is 39.1 Å². The van der Waals surface area contributed by atoms with Gasteiger partial charge in [-0.1, -0.05) is 12.1 Å². The monoisotopic (exact) mass is 476 g/mol. The summed E-state index contributed by atoms with van der Waals surface area (Å²) in [6, 6.07) is 10.3. The van der Waals surface area contributed by atoms with Gasteiger partial charge in [-0.2, -0.15) is 8.42 Å². The molecule has 2 unspecified atom stereocenters. The highest BCUT2D eigenvalue weighted by molar-refractivity contribution is 7.81. The number of carbonyl (C=O) groups is 2. The van der Waals surface area contributed by atoms with Gasteiger partial charge >= 0.3 is 22.3 Å². The summed E-state index contributed by atoms with van der Waals surface area (Å²) in [5.41, 5.74) is 1.42. The van der Waals surface area contributed by atoms with E-state index in [4.69, 9.17) is 9.47 Å². The van der Waals surface area contributed by atoms with E-state index in [1.54, 1.807) is 48.8 Å². The Labute approximate surface area is 192 Å². The molecule has 2 atom stereocenters. The lowest BCUT2D eigenvalue weighted by atomic mass is 10.2. The van der Waals surface area contributed by atoms with Gasteiger partial charge in [-0.05, 0) is 64.1 Å². The van der Waals surface area contributed by atoms with Gasteiger partial charge in [0.1, 0.15) is 0 Å². The average molecular weight is 477 g/mol. The fraction of sp³-hybridized carbons (Fsp3) is 0.273. The summed E-state index contributed by atoms with van der Waals surface area (Å²) in [6.07, 6.45) is 3.07. The molecule has 0 spiro atoms. The van der Waals surface area contributed by atoms with Gasteiger partial charge in [-0.15, -0.1) is 0 Å². The molecule has 11 heteroatoms. The number of hydrogen-bond donors (Lipinski definition) is 0. The molecule has 0 amide bonds. The van der Waals surface area contributed by atoms with Gasteiger partial charge in [-0.3, -0.25) is 9.97 Å². The van der Waals surface area contributed by atoms with Crippen molar-refractivity contribution < 1.29 is 35.8 Å². The fourth-order valence-electron chi connectivity index (χ4n) is 2.37. The van der Waals surface area contributed by atoms with E-state index in [9.17, 15) is 18.0 Å².